The fourth-order valence-electron chi connectivity index (χ4n) is 4.21. The van der Waals surface area contributed by atoms with Crippen molar-refractivity contribution in [3.63, 3.8) is 0 Å². The molecule has 0 aliphatic carbocycles. The molecule has 0 atom stereocenters. The van der Waals surface area contributed by atoms with Gasteiger partial charge in [0.25, 0.3) is 5.91 Å². The number of fused-ring (bicyclic) bond motifs is 1. The van der Waals surface area contributed by atoms with Crippen molar-refractivity contribution in [1.82, 2.24) is 19.8 Å². The molecule has 1 aliphatic rings. The van der Waals surface area contributed by atoms with E-state index < -0.39 is 5.54 Å². The fraction of sp³-hybridized carbons (Fsp3) is 0.400. The average molecular weight is 435 g/mol. The number of hydrogen-bond donors (Lipinski definition) is 1. The maximum absolute atomic E-state index is 13.3. The maximum Gasteiger partial charge on any atom is 0.273 e. The minimum absolute atomic E-state index is 0.150. The molecule has 0 saturated carbocycles. The van der Waals surface area contributed by atoms with Crippen molar-refractivity contribution in [2.75, 3.05) is 20.2 Å². The van der Waals surface area contributed by atoms with Crippen molar-refractivity contribution in [3.8, 4) is 16.9 Å². The summed E-state index contributed by atoms with van der Waals surface area (Å²) < 4.78 is 7.40. The van der Waals surface area contributed by atoms with Crippen molar-refractivity contribution in [3.05, 3.63) is 48.3 Å². The quantitative estimate of drug-likeness (QED) is 0.664. The summed E-state index contributed by atoms with van der Waals surface area (Å²) >= 11 is 0. The van der Waals surface area contributed by atoms with Gasteiger partial charge in [0.15, 0.2) is 0 Å². The molecule has 1 fully saturated rings. The number of amides is 2. The van der Waals surface area contributed by atoms with Gasteiger partial charge in [-0.15, -0.1) is 0 Å². The smallest absolute Gasteiger partial charge is 0.273 e. The van der Waals surface area contributed by atoms with E-state index in [1.54, 1.807) is 31.9 Å². The molecule has 1 aromatic carbocycles. The summed E-state index contributed by atoms with van der Waals surface area (Å²) in [6, 6.07) is 11.7. The minimum Gasteiger partial charge on any atom is -0.497 e. The van der Waals surface area contributed by atoms with Crippen molar-refractivity contribution in [1.29, 1.82) is 0 Å². The topological polar surface area (TPSA) is 76.5 Å². The number of piperazine rings is 1. The van der Waals surface area contributed by atoms with Crippen LogP contribution in [0.1, 0.15) is 38.2 Å². The monoisotopic (exact) mass is 434 g/mol. The van der Waals surface area contributed by atoms with Gasteiger partial charge in [0.2, 0.25) is 5.91 Å². The van der Waals surface area contributed by atoms with Crippen LogP contribution in [0.5, 0.6) is 5.75 Å². The second-order valence-corrected chi connectivity index (χ2v) is 9.16. The Balaban J connectivity index is 1.78. The molecule has 0 spiro atoms. The van der Waals surface area contributed by atoms with E-state index in [2.05, 4.69) is 29.9 Å². The highest BCUT2D eigenvalue weighted by Crippen LogP contribution is 2.32. The average Bonchev–Trinajstić information content (AvgIpc) is 3.12. The highest BCUT2D eigenvalue weighted by atomic mass is 16.5. The number of aromatic nitrogens is 2. The number of nitrogens with zero attached hydrogens (tertiary/aromatic N) is 3. The lowest BCUT2D eigenvalue weighted by Gasteiger charge is -2.40. The van der Waals surface area contributed by atoms with E-state index in [0.29, 0.717) is 24.7 Å². The first-order valence-corrected chi connectivity index (χ1v) is 11.0. The molecule has 1 aliphatic heterocycles. The molecule has 1 N–H and O–H groups in total. The Morgan fingerprint density at radius 3 is 2.56 bits per heavy atom. The summed E-state index contributed by atoms with van der Waals surface area (Å²) in [5.41, 5.74) is 2.33. The van der Waals surface area contributed by atoms with E-state index in [4.69, 9.17) is 9.72 Å². The van der Waals surface area contributed by atoms with Gasteiger partial charge < -0.3 is 19.5 Å². The molecule has 0 radical (unpaired) electrons. The lowest BCUT2D eigenvalue weighted by Crippen LogP contribution is -2.63. The van der Waals surface area contributed by atoms with Gasteiger partial charge in [0.05, 0.1) is 7.11 Å². The molecule has 3 heterocycles. The Kier molecular flexibility index (Phi) is 5.67. The summed E-state index contributed by atoms with van der Waals surface area (Å²) in [5.74, 6) is 0.845. The Bertz CT molecular complexity index is 1160. The molecule has 1 saturated heterocycles. The number of hydrogen-bond acceptors (Lipinski definition) is 4. The van der Waals surface area contributed by atoms with Crippen LogP contribution in [0, 0.1) is 5.92 Å². The molecule has 168 valence electrons. The van der Waals surface area contributed by atoms with Crippen LogP contribution >= 0.6 is 0 Å². The van der Waals surface area contributed by atoms with E-state index >= 15 is 0 Å². The third-order valence-corrected chi connectivity index (χ3v) is 6.00. The molecular formula is C25H30N4O3. The number of nitrogens with one attached hydrogen (secondary N) is 1. The van der Waals surface area contributed by atoms with E-state index in [1.807, 2.05) is 30.3 Å². The molecule has 0 bridgehead atoms. The minimum atomic E-state index is -0.917. The third-order valence-electron chi connectivity index (χ3n) is 6.00. The van der Waals surface area contributed by atoms with E-state index in [-0.39, 0.29) is 11.8 Å². The molecular weight excluding hydrogens is 404 g/mol. The van der Waals surface area contributed by atoms with Gasteiger partial charge in [0.1, 0.15) is 22.6 Å². The van der Waals surface area contributed by atoms with Crippen LogP contribution < -0.4 is 10.1 Å². The van der Waals surface area contributed by atoms with Gasteiger partial charge in [-0.25, -0.2) is 4.98 Å². The van der Waals surface area contributed by atoms with Crippen molar-refractivity contribution < 1.29 is 14.3 Å². The van der Waals surface area contributed by atoms with Crippen LogP contribution in [0.4, 0.5) is 0 Å². The summed E-state index contributed by atoms with van der Waals surface area (Å²) in [6.45, 7) is 9.53. The second-order valence-electron chi connectivity index (χ2n) is 9.16. The predicted molar refractivity (Wildman–Crippen MR) is 125 cm³/mol. The van der Waals surface area contributed by atoms with Crippen LogP contribution in [0.3, 0.4) is 0 Å². The van der Waals surface area contributed by atoms with Gasteiger partial charge >= 0.3 is 0 Å². The second kappa shape index (κ2) is 8.30. The van der Waals surface area contributed by atoms with Crippen molar-refractivity contribution in [2.45, 2.75) is 39.8 Å². The number of benzene rings is 1. The van der Waals surface area contributed by atoms with Gasteiger partial charge in [-0.05, 0) is 49.6 Å². The van der Waals surface area contributed by atoms with E-state index in [0.717, 1.165) is 34.5 Å². The Morgan fingerprint density at radius 2 is 1.91 bits per heavy atom. The van der Waals surface area contributed by atoms with Crippen LogP contribution in [-0.2, 0) is 11.3 Å². The predicted octanol–water partition coefficient (Wildman–Crippen LogP) is 3.72. The largest absolute Gasteiger partial charge is 0.497 e. The first kappa shape index (κ1) is 21.9. The first-order chi connectivity index (χ1) is 15.2. The Labute approximate surface area is 188 Å². The highest BCUT2D eigenvalue weighted by Gasteiger charge is 2.41. The number of methoxy groups -OCH3 is 1. The van der Waals surface area contributed by atoms with Gasteiger partial charge in [0, 0.05) is 36.8 Å². The lowest BCUT2D eigenvalue weighted by atomic mass is 9.98. The Hall–Kier alpha value is -3.35. The SMILES string of the molecule is COc1ccc(-c2cn(CC(C)C)c3nc(C(=O)N4CCNC(=O)C4(C)C)ccc23)cc1. The summed E-state index contributed by atoms with van der Waals surface area (Å²) in [5, 5.41) is 3.82. The van der Waals surface area contributed by atoms with Gasteiger partial charge in [-0.1, -0.05) is 26.0 Å². The summed E-state index contributed by atoms with van der Waals surface area (Å²) in [7, 11) is 1.65. The zero-order valence-electron chi connectivity index (χ0n) is 19.3. The normalized spacial score (nSPS) is 15.8. The molecule has 2 aromatic heterocycles. The third kappa shape index (κ3) is 3.83. The molecule has 32 heavy (non-hydrogen) atoms. The summed E-state index contributed by atoms with van der Waals surface area (Å²) in [4.78, 5) is 32.1. The van der Waals surface area contributed by atoms with Crippen LogP contribution in [0.25, 0.3) is 22.2 Å². The van der Waals surface area contributed by atoms with Crippen molar-refractivity contribution >= 4 is 22.8 Å². The lowest BCUT2D eigenvalue weighted by molar-refractivity contribution is -0.133. The number of rotatable bonds is 5. The Morgan fingerprint density at radius 1 is 1.19 bits per heavy atom. The molecule has 4 rings (SSSR count). The number of ether oxygens (including phenoxy) is 1. The van der Waals surface area contributed by atoms with Gasteiger partial charge in [-0.3, -0.25) is 9.59 Å². The van der Waals surface area contributed by atoms with Crippen LogP contribution in [-0.4, -0.2) is 52.0 Å². The number of pyridine rings is 1. The number of carbonyl (C=O) groups excluding carboxylic acids is 2. The molecule has 7 nitrogen and oxygen atoms in total. The first-order valence-electron chi connectivity index (χ1n) is 11.0. The molecule has 3 aromatic rings. The zero-order chi connectivity index (χ0) is 23.0. The van der Waals surface area contributed by atoms with E-state index in [1.165, 1.54) is 0 Å². The van der Waals surface area contributed by atoms with Crippen LogP contribution in [0.2, 0.25) is 0 Å². The zero-order valence-corrected chi connectivity index (χ0v) is 19.3. The number of carbonyl (C=O) groups is 2. The molecule has 2 amide bonds. The van der Waals surface area contributed by atoms with Gasteiger partial charge in [-0.2, -0.15) is 0 Å². The molecule has 7 heteroatoms. The summed E-state index contributed by atoms with van der Waals surface area (Å²) in [6.07, 6.45) is 2.10. The van der Waals surface area contributed by atoms with Crippen LogP contribution in [0.15, 0.2) is 42.6 Å². The fourth-order valence-corrected chi connectivity index (χ4v) is 4.21. The highest BCUT2D eigenvalue weighted by molar-refractivity contribution is 6.01. The van der Waals surface area contributed by atoms with E-state index in [9.17, 15) is 9.59 Å². The molecule has 0 unspecified atom stereocenters. The van der Waals surface area contributed by atoms with Crippen molar-refractivity contribution in [2.24, 2.45) is 5.92 Å². The standard InChI is InChI=1S/C25H30N4O3/c1-16(2)14-28-15-20(17-6-8-18(32-5)9-7-17)19-10-11-21(27-22(19)28)23(30)29-13-12-26-24(31)25(29,3)4/h6-11,15-16H,12-14H2,1-5H3,(H,26,31). The maximum atomic E-state index is 13.3.